The first kappa shape index (κ1) is 64.7. The molecule has 2 aliphatic heterocycles. The van der Waals surface area contributed by atoms with Crippen LogP contribution in [0, 0.1) is 12.3 Å². The number of amides is 4. The van der Waals surface area contributed by atoms with Crippen molar-refractivity contribution >= 4 is 47.5 Å². The molecule has 4 amide bonds. The number of rotatable bonds is 39. The van der Waals surface area contributed by atoms with Crippen LogP contribution in [0.25, 0.3) is 0 Å². The van der Waals surface area contributed by atoms with Crippen LogP contribution < -0.4 is 38.9 Å². The molecule has 2 heterocycles. The van der Waals surface area contributed by atoms with Gasteiger partial charge in [0.05, 0.1) is 97.2 Å². The first-order valence-corrected chi connectivity index (χ1v) is 23.9. The van der Waals surface area contributed by atoms with Crippen molar-refractivity contribution in [2.75, 3.05) is 105 Å². The molecule has 30 heteroatoms. The summed E-state index contributed by atoms with van der Waals surface area (Å²) in [7, 11) is 0. The Morgan fingerprint density at radius 2 is 1.27 bits per heavy atom. The number of guanidine groups is 2. The van der Waals surface area contributed by atoms with Crippen molar-refractivity contribution in [2.45, 2.75) is 93.8 Å². The lowest BCUT2D eigenvalue weighted by Crippen LogP contribution is -2.60. The van der Waals surface area contributed by atoms with Crippen LogP contribution in [-0.2, 0) is 66.7 Å². The Morgan fingerprint density at radius 3 is 1.81 bits per heavy atom. The number of nitrogens with one attached hydrogen (secondary N) is 3. The molecule has 0 spiro atoms. The van der Waals surface area contributed by atoms with E-state index in [4.69, 9.17) is 67.3 Å². The van der Waals surface area contributed by atoms with Gasteiger partial charge in [-0.3, -0.25) is 19.2 Å². The van der Waals surface area contributed by atoms with Gasteiger partial charge in [0.25, 0.3) is 0 Å². The Kier molecular flexibility index (Phi) is 31.5. The number of hydrogen-bond acceptors (Lipinski definition) is 20. The van der Waals surface area contributed by atoms with Crippen molar-refractivity contribution in [2.24, 2.45) is 32.9 Å². The van der Waals surface area contributed by atoms with Crippen LogP contribution in [0.2, 0.25) is 0 Å². The van der Waals surface area contributed by atoms with E-state index in [1.807, 2.05) is 0 Å². The van der Waals surface area contributed by atoms with Crippen molar-refractivity contribution in [3.05, 3.63) is 23.7 Å². The standard InChI is InChI=1S/C45H74N10O20/c1-3-12-68-16-18-70-20-21-71-19-17-69-13-7-37(63)55(10-4-5-35(61)50-8-14-72-39(30(59)25-56)32-22-28(53-44(46)47)23-33(74-32)42(64)65)11-6-36(62)51-9-15-73-40(31(60)26-57)41-38(52-27(2)58)29(54-45(48)49)24-34(75-41)43(66)67/h1,23-24,28-32,38-41,56-57,59-60H,4-22,25-26H2,2H3,(H,50,61)(H,51,62)(H,52,58)(H,64,65)(H,66,67)(H4,46,47,53)(H4,48,49,54)/t28-,29+,30-,31-,32-,38-,39-,40-,41-/m1/s1. The molecule has 0 fully saturated rings. The van der Waals surface area contributed by atoms with Gasteiger partial charge in [-0.2, -0.15) is 0 Å². The van der Waals surface area contributed by atoms with Crippen molar-refractivity contribution < 1.29 is 97.3 Å². The highest BCUT2D eigenvalue weighted by Gasteiger charge is 2.45. The zero-order chi connectivity index (χ0) is 55.7. The van der Waals surface area contributed by atoms with Crippen LogP contribution >= 0.6 is 0 Å². The third-order valence-corrected chi connectivity index (χ3v) is 10.7. The number of aliphatic hydroxyl groups is 4. The highest BCUT2D eigenvalue weighted by atomic mass is 16.6. The molecule has 2 rings (SSSR count). The number of nitrogens with zero attached hydrogens (tertiary/aromatic N) is 3. The average Bonchev–Trinajstić information content (AvgIpc) is 3.35. The number of nitrogens with two attached hydrogens (primary N) is 4. The monoisotopic (exact) mass is 1070 g/mol. The number of aliphatic carboxylic acids is 2. The summed E-state index contributed by atoms with van der Waals surface area (Å²) in [6, 6.07) is -3.21. The third-order valence-electron chi connectivity index (χ3n) is 10.7. The molecule has 0 aromatic carbocycles. The molecule has 0 saturated heterocycles. The highest BCUT2D eigenvalue weighted by molar-refractivity contribution is 5.86. The third kappa shape index (κ3) is 26.1. The molecule has 0 saturated carbocycles. The Balaban J connectivity index is 2.01. The van der Waals surface area contributed by atoms with E-state index in [-0.39, 0.29) is 104 Å². The predicted octanol–water partition coefficient (Wildman–Crippen LogP) is -6.30. The first-order chi connectivity index (χ1) is 35.8. The fourth-order valence-electron chi connectivity index (χ4n) is 7.32. The molecule has 2 aliphatic rings. The van der Waals surface area contributed by atoms with Gasteiger partial charge in [0.1, 0.15) is 37.1 Å². The number of carbonyl (C=O) groups excluding carboxylic acids is 4. The minimum atomic E-state index is -1.68. The summed E-state index contributed by atoms with van der Waals surface area (Å²) >= 11 is 0. The van der Waals surface area contributed by atoms with Crippen LogP contribution in [0.4, 0.5) is 0 Å². The van der Waals surface area contributed by atoms with Gasteiger partial charge in [-0.1, -0.05) is 5.92 Å². The lowest BCUT2D eigenvalue weighted by atomic mass is 9.92. The maximum Gasteiger partial charge on any atom is 0.370 e. The molecular weight excluding hydrogens is 1000 g/mol. The van der Waals surface area contributed by atoms with E-state index in [1.54, 1.807) is 0 Å². The summed E-state index contributed by atoms with van der Waals surface area (Å²) in [5.74, 6) is -4.43. The topological polar surface area (TPSA) is 466 Å². The van der Waals surface area contributed by atoms with Gasteiger partial charge in [-0.05, 0) is 18.6 Å². The smallest absolute Gasteiger partial charge is 0.370 e. The molecule has 17 N–H and O–H groups in total. The molecule has 9 atom stereocenters. The lowest BCUT2D eigenvalue weighted by Gasteiger charge is -2.40. The first-order valence-electron chi connectivity index (χ1n) is 23.9. The van der Waals surface area contributed by atoms with Gasteiger partial charge in [-0.15, -0.1) is 6.42 Å². The van der Waals surface area contributed by atoms with Crippen LogP contribution in [0.5, 0.6) is 0 Å². The Hall–Kier alpha value is -6.40. The maximum atomic E-state index is 13.4. The molecule has 30 nitrogen and oxygen atoms in total. The quantitative estimate of drug-likeness (QED) is 0.0118. The van der Waals surface area contributed by atoms with Gasteiger partial charge in [0.2, 0.25) is 35.1 Å². The van der Waals surface area contributed by atoms with Gasteiger partial charge in [-0.25, -0.2) is 19.6 Å². The van der Waals surface area contributed by atoms with Gasteiger partial charge >= 0.3 is 11.9 Å². The second-order valence-corrected chi connectivity index (χ2v) is 16.5. The maximum absolute atomic E-state index is 13.4. The Bertz CT molecular complexity index is 1960. The fourth-order valence-corrected chi connectivity index (χ4v) is 7.32. The summed E-state index contributed by atoms with van der Waals surface area (Å²) < 4.78 is 44.2. The van der Waals surface area contributed by atoms with Gasteiger partial charge in [0, 0.05) is 52.4 Å². The van der Waals surface area contributed by atoms with E-state index >= 15 is 0 Å². The molecule has 0 unspecified atom stereocenters. The number of aliphatic hydroxyl groups excluding tert-OH is 4. The lowest BCUT2D eigenvalue weighted by molar-refractivity contribution is -0.153. The Labute approximate surface area is 433 Å². The molecule has 424 valence electrons. The van der Waals surface area contributed by atoms with E-state index in [1.165, 1.54) is 17.9 Å². The summed E-state index contributed by atoms with van der Waals surface area (Å²) in [6.07, 6.45) is -1.36. The number of terminal acetylenes is 1. The average molecular weight is 1080 g/mol. The molecule has 0 radical (unpaired) electrons. The molecule has 75 heavy (non-hydrogen) atoms. The zero-order valence-corrected chi connectivity index (χ0v) is 41.8. The summed E-state index contributed by atoms with van der Waals surface area (Å²) in [4.78, 5) is 84.5. The predicted molar refractivity (Wildman–Crippen MR) is 261 cm³/mol. The largest absolute Gasteiger partial charge is 0.480 e. The van der Waals surface area contributed by atoms with E-state index in [0.29, 0.717) is 26.4 Å². The van der Waals surface area contributed by atoms with E-state index in [9.17, 15) is 59.4 Å². The van der Waals surface area contributed by atoms with E-state index < -0.39 is 121 Å². The Morgan fingerprint density at radius 1 is 0.733 bits per heavy atom. The second-order valence-electron chi connectivity index (χ2n) is 16.5. The van der Waals surface area contributed by atoms with Crippen LogP contribution in [0.15, 0.2) is 33.7 Å². The molecule has 0 aromatic rings. The number of aliphatic imine (C=N–C) groups is 2. The summed E-state index contributed by atoms with van der Waals surface area (Å²) in [5.41, 5.74) is 22.0. The van der Waals surface area contributed by atoms with Gasteiger partial charge in [0.15, 0.2) is 18.0 Å². The minimum Gasteiger partial charge on any atom is -0.480 e. The van der Waals surface area contributed by atoms with Crippen molar-refractivity contribution in [3.8, 4) is 12.3 Å². The van der Waals surface area contributed by atoms with Crippen molar-refractivity contribution in [1.82, 2.24) is 20.9 Å². The molecular formula is C45H74N10O20. The van der Waals surface area contributed by atoms with Gasteiger partial charge < -0.3 is 112 Å². The van der Waals surface area contributed by atoms with Crippen molar-refractivity contribution in [1.29, 1.82) is 0 Å². The second kappa shape index (κ2) is 36.5. The summed E-state index contributed by atoms with van der Waals surface area (Å²) in [5, 5.41) is 67.8. The number of hydrogen-bond donors (Lipinski definition) is 13. The fraction of sp³-hybridized carbons (Fsp3) is 0.689. The minimum absolute atomic E-state index is 0.00743. The van der Waals surface area contributed by atoms with Crippen LogP contribution in [0.3, 0.4) is 0 Å². The van der Waals surface area contributed by atoms with E-state index in [2.05, 4.69) is 31.9 Å². The number of carbonyl (C=O) groups is 6. The normalized spacial score (nSPS) is 19.7. The number of carboxylic acids is 2. The summed E-state index contributed by atoms with van der Waals surface area (Å²) in [6.45, 7) is 0.608. The highest BCUT2D eigenvalue weighted by Crippen LogP contribution is 2.27. The van der Waals surface area contributed by atoms with Crippen molar-refractivity contribution in [3.63, 3.8) is 0 Å². The van der Waals surface area contributed by atoms with Crippen LogP contribution in [-0.4, -0.2) is 243 Å². The zero-order valence-electron chi connectivity index (χ0n) is 41.8. The SMILES string of the molecule is C#CCOCCOCCOCCOCCC(=O)N(CCCC(=O)NCCO[C@H]([C@H](O)CO)[C@H]1C[C@@H](N=C(N)N)C=C(C(=O)O)O1)CCC(=O)NCCO[C@@H]([C@@H]1OC(C(=O)O)=C[C@H](N=C(N)N)[C@H]1NC(C)=O)[C@H](O)CO. The molecule has 0 bridgehead atoms. The van der Waals surface area contributed by atoms with Crippen LogP contribution in [0.1, 0.15) is 39.0 Å². The number of carboxylic acid groups (broad SMARTS) is 2. The number of ether oxygens (including phenoxy) is 8. The van der Waals surface area contributed by atoms with E-state index in [0.717, 1.165) is 6.08 Å². The molecule has 0 aliphatic carbocycles. The molecule has 0 aromatic heterocycles.